The van der Waals surface area contributed by atoms with Crippen molar-refractivity contribution in [3.63, 3.8) is 0 Å². The van der Waals surface area contributed by atoms with E-state index in [1.54, 1.807) is 5.32 Å². The normalized spacial score (nSPS) is 12.3. The zero-order valence-electron chi connectivity index (χ0n) is 9.84. The lowest BCUT2D eigenvalue weighted by Crippen LogP contribution is -2.46. The van der Waals surface area contributed by atoms with Gasteiger partial charge in [-0.15, -0.1) is 12.4 Å². The summed E-state index contributed by atoms with van der Waals surface area (Å²) in [7, 11) is 0. The molecule has 0 aliphatic heterocycles. The van der Waals surface area contributed by atoms with E-state index in [-0.39, 0.29) is 12.4 Å². The van der Waals surface area contributed by atoms with Crippen molar-refractivity contribution in [3.8, 4) is 0 Å². The molecule has 5 nitrogen and oxygen atoms in total. The fourth-order valence-corrected chi connectivity index (χ4v) is 1.00. The average molecular weight is 292 g/mol. The molecule has 0 radical (unpaired) electrons. The molecule has 1 atom stereocenters. The number of amides is 2. The SMILES string of the molecule is CCCC(N)C(=O)NCC(=O)NCC(F)(F)F.Cl. The summed E-state index contributed by atoms with van der Waals surface area (Å²) in [6, 6.07) is -0.740. The van der Waals surface area contributed by atoms with E-state index in [0.717, 1.165) is 0 Å². The van der Waals surface area contributed by atoms with E-state index in [0.29, 0.717) is 12.8 Å². The molecule has 0 fully saturated rings. The van der Waals surface area contributed by atoms with Gasteiger partial charge in [-0.2, -0.15) is 13.2 Å². The van der Waals surface area contributed by atoms with Gasteiger partial charge in [-0.1, -0.05) is 13.3 Å². The molecule has 0 bridgehead atoms. The van der Waals surface area contributed by atoms with Crippen LogP contribution in [0, 0.1) is 0 Å². The van der Waals surface area contributed by atoms with Crippen molar-refractivity contribution >= 4 is 24.2 Å². The van der Waals surface area contributed by atoms with Crippen LogP contribution in [0.25, 0.3) is 0 Å². The summed E-state index contributed by atoms with van der Waals surface area (Å²) in [6.07, 6.45) is -3.30. The second-order valence-electron chi connectivity index (χ2n) is 3.50. The lowest BCUT2D eigenvalue weighted by atomic mass is 10.2. The molecule has 0 aromatic rings. The summed E-state index contributed by atoms with van der Waals surface area (Å²) in [5, 5.41) is 3.79. The highest BCUT2D eigenvalue weighted by molar-refractivity contribution is 5.87. The third-order valence-corrected chi connectivity index (χ3v) is 1.85. The fourth-order valence-electron chi connectivity index (χ4n) is 1.00. The van der Waals surface area contributed by atoms with E-state index >= 15 is 0 Å². The molecule has 0 aliphatic rings. The molecule has 108 valence electrons. The first-order valence-corrected chi connectivity index (χ1v) is 5.13. The molecule has 0 spiro atoms. The maximum Gasteiger partial charge on any atom is 0.405 e. The summed E-state index contributed by atoms with van der Waals surface area (Å²) in [5.74, 6) is -1.45. The Morgan fingerprint density at radius 1 is 1.28 bits per heavy atom. The van der Waals surface area contributed by atoms with Gasteiger partial charge in [0.05, 0.1) is 12.6 Å². The smallest absolute Gasteiger partial charge is 0.346 e. The van der Waals surface area contributed by atoms with Crippen LogP contribution in [0.1, 0.15) is 19.8 Å². The van der Waals surface area contributed by atoms with E-state index in [1.807, 2.05) is 6.92 Å². The zero-order valence-corrected chi connectivity index (χ0v) is 10.7. The number of halogens is 4. The third kappa shape index (κ3) is 10.2. The molecule has 0 aliphatic carbocycles. The predicted molar refractivity (Wildman–Crippen MR) is 62.2 cm³/mol. The quantitative estimate of drug-likeness (QED) is 0.659. The first-order valence-electron chi connectivity index (χ1n) is 5.13. The van der Waals surface area contributed by atoms with Crippen molar-refractivity contribution in [2.75, 3.05) is 13.1 Å². The molecular weight excluding hydrogens is 275 g/mol. The number of nitrogens with two attached hydrogens (primary N) is 1. The number of carbonyl (C=O) groups excluding carboxylic acids is 2. The number of hydrogen-bond donors (Lipinski definition) is 3. The van der Waals surface area contributed by atoms with Gasteiger partial charge in [-0.25, -0.2) is 0 Å². The molecule has 2 amide bonds. The van der Waals surface area contributed by atoms with Gasteiger partial charge in [0.15, 0.2) is 0 Å². The van der Waals surface area contributed by atoms with Crippen molar-refractivity contribution in [2.45, 2.75) is 32.0 Å². The lowest BCUT2D eigenvalue weighted by molar-refractivity contribution is -0.138. The monoisotopic (exact) mass is 291 g/mol. The van der Waals surface area contributed by atoms with Crippen molar-refractivity contribution < 1.29 is 22.8 Å². The van der Waals surface area contributed by atoms with E-state index < -0.39 is 37.1 Å². The van der Waals surface area contributed by atoms with Crippen LogP contribution in [0.2, 0.25) is 0 Å². The van der Waals surface area contributed by atoms with Gasteiger partial charge in [0, 0.05) is 0 Å². The van der Waals surface area contributed by atoms with Gasteiger partial charge in [-0.05, 0) is 6.42 Å². The average Bonchev–Trinajstić information content (AvgIpc) is 2.22. The van der Waals surface area contributed by atoms with Crippen molar-refractivity contribution in [1.82, 2.24) is 10.6 Å². The Hall–Kier alpha value is -1.02. The highest BCUT2D eigenvalue weighted by Crippen LogP contribution is 2.11. The van der Waals surface area contributed by atoms with Crippen LogP contribution in [0.3, 0.4) is 0 Å². The van der Waals surface area contributed by atoms with Gasteiger partial charge in [-0.3, -0.25) is 9.59 Å². The van der Waals surface area contributed by atoms with Gasteiger partial charge in [0.1, 0.15) is 6.54 Å². The van der Waals surface area contributed by atoms with Gasteiger partial charge in [0.25, 0.3) is 0 Å². The van der Waals surface area contributed by atoms with Gasteiger partial charge in [0.2, 0.25) is 11.8 Å². The van der Waals surface area contributed by atoms with Gasteiger partial charge < -0.3 is 16.4 Å². The topological polar surface area (TPSA) is 84.2 Å². The molecule has 0 aromatic heterocycles. The van der Waals surface area contributed by atoms with Crippen LogP contribution in [-0.4, -0.2) is 37.1 Å². The summed E-state index contributed by atoms with van der Waals surface area (Å²) < 4.78 is 35.2. The van der Waals surface area contributed by atoms with Crippen LogP contribution < -0.4 is 16.4 Å². The van der Waals surface area contributed by atoms with Crippen LogP contribution in [0.4, 0.5) is 13.2 Å². The Balaban J connectivity index is 0. The molecule has 0 saturated carbocycles. The minimum Gasteiger partial charge on any atom is -0.346 e. The Bertz CT molecular complexity index is 274. The van der Waals surface area contributed by atoms with Crippen LogP contribution >= 0.6 is 12.4 Å². The molecule has 9 heteroatoms. The second-order valence-corrected chi connectivity index (χ2v) is 3.50. The predicted octanol–water partition coefficient (Wildman–Crippen LogP) is 0.330. The molecular formula is C9H17ClF3N3O2. The van der Waals surface area contributed by atoms with Crippen molar-refractivity contribution in [3.05, 3.63) is 0 Å². The van der Waals surface area contributed by atoms with Crippen molar-refractivity contribution in [1.29, 1.82) is 0 Å². The number of rotatable bonds is 6. The van der Waals surface area contributed by atoms with E-state index in [2.05, 4.69) is 5.32 Å². The summed E-state index contributed by atoms with van der Waals surface area (Å²) in [6.45, 7) is -0.0851. The van der Waals surface area contributed by atoms with Crippen LogP contribution in [0.15, 0.2) is 0 Å². The molecule has 18 heavy (non-hydrogen) atoms. The first kappa shape index (κ1) is 19.3. The molecule has 4 N–H and O–H groups in total. The molecule has 0 aromatic carbocycles. The Morgan fingerprint density at radius 2 is 1.83 bits per heavy atom. The number of carbonyl (C=O) groups is 2. The van der Waals surface area contributed by atoms with Crippen LogP contribution in [0.5, 0.6) is 0 Å². The minimum atomic E-state index is -4.46. The Labute approximate surface area is 109 Å². The summed E-state index contributed by atoms with van der Waals surface area (Å²) >= 11 is 0. The maximum atomic E-state index is 11.7. The summed E-state index contributed by atoms with van der Waals surface area (Å²) in [4.78, 5) is 22.1. The standard InChI is InChI=1S/C9H16F3N3O2.ClH/c1-2-3-6(13)8(17)14-4-7(16)15-5-9(10,11)12;/h6H,2-5,13H2,1H3,(H,14,17)(H,15,16);1H. The Kier molecular flexibility index (Phi) is 9.64. The highest BCUT2D eigenvalue weighted by atomic mass is 35.5. The fraction of sp³-hybridized carbons (Fsp3) is 0.778. The van der Waals surface area contributed by atoms with E-state index in [4.69, 9.17) is 5.73 Å². The maximum absolute atomic E-state index is 11.7. The summed E-state index contributed by atoms with van der Waals surface area (Å²) in [5.41, 5.74) is 5.43. The molecule has 0 saturated heterocycles. The highest BCUT2D eigenvalue weighted by Gasteiger charge is 2.27. The lowest BCUT2D eigenvalue weighted by Gasteiger charge is -2.12. The number of alkyl halides is 3. The third-order valence-electron chi connectivity index (χ3n) is 1.85. The second kappa shape index (κ2) is 8.98. The Morgan fingerprint density at radius 3 is 2.28 bits per heavy atom. The molecule has 0 rings (SSSR count). The molecule has 0 heterocycles. The largest absolute Gasteiger partial charge is 0.405 e. The van der Waals surface area contributed by atoms with Crippen molar-refractivity contribution in [2.24, 2.45) is 5.73 Å². The van der Waals surface area contributed by atoms with Gasteiger partial charge >= 0.3 is 6.18 Å². The number of nitrogens with one attached hydrogen (secondary N) is 2. The first-order chi connectivity index (χ1) is 7.76. The zero-order chi connectivity index (χ0) is 13.5. The number of hydrogen-bond acceptors (Lipinski definition) is 3. The van der Waals surface area contributed by atoms with E-state index in [1.165, 1.54) is 0 Å². The van der Waals surface area contributed by atoms with Crippen LogP contribution in [-0.2, 0) is 9.59 Å². The molecule has 1 unspecified atom stereocenters. The van der Waals surface area contributed by atoms with E-state index in [9.17, 15) is 22.8 Å². The minimum absolute atomic E-state index is 0.